The second-order valence-electron chi connectivity index (χ2n) is 11.2. The fourth-order valence-corrected chi connectivity index (χ4v) is 6.27. The van der Waals surface area contributed by atoms with Crippen LogP contribution in [0.5, 0.6) is 0 Å². The van der Waals surface area contributed by atoms with Crippen LogP contribution < -0.4 is 5.73 Å². The van der Waals surface area contributed by atoms with E-state index in [1.165, 1.54) is 10.8 Å². The van der Waals surface area contributed by atoms with E-state index in [1.807, 2.05) is 72.8 Å². The van der Waals surface area contributed by atoms with Crippen molar-refractivity contribution in [1.29, 1.82) is 0 Å². The lowest BCUT2D eigenvalue weighted by atomic mass is 10.0. The van der Waals surface area contributed by atoms with Gasteiger partial charge in [-0.25, -0.2) is 4.99 Å². The number of hydrogen-bond donors (Lipinski definition) is 1. The molecule has 0 spiro atoms. The fourth-order valence-electron chi connectivity index (χ4n) is 6.27. The molecule has 2 N–H and O–H groups in total. The SMILES string of the molecule is CC(N=C(N=C(N)c1ccccc1)c1ccccc1)c1cc(-n2c3ccccc3c3ccccc32)cc2c1oc1ccccc12. The molecule has 8 rings (SSSR count). The van der Waals surface area contributed by atoms with Gasteiger partial charge in [-0.15, -0.1) is 0 Å². The van der Waals surface area contributed by atoms with Crippen molar-refractivity contribution in [3.05, 3.63) is 162 Å². The van der Waals surface area contributed by atoms with Crippen molar-refractivity contribution in [2.75, 3.05) is 0 Å². The molecule has 0 bridgehead atoms. The molecular formula is C40H30N4O. The number of fused-ring (bicyclic) bond motifs is 6. The van der Waals surface area contributed by atoms with Crippen molar-refractivity contribution < 1.29 is 4.42 Å². The fraction of sp³-hybridized carbons (Fsp3) is 0.0500. The van der Waals surface area contributed by atoms with Gasteiger partial charge in [0, 0.05) is 43.9 Å². The summed E-state index contributed by atoms with van der Waals surface area (Å²) in [6, 6.07) is 49.3. The number of amidine groups is 2. The van der Waals surface area contributed by atoms with Crippen LogP contribution in [0.25, 0.3) is 49.4 Å². The minimum absolute atomic E-state index is 0.302. The van der Waals surface area contributed by atoms with Crippen LogP contribution in [-0.4, -0.2) is 16.2 Å². The summed E-state index contributed by atoms with van der Waals surface area (Å²) < 4.78 is 8.89. The number of benzene rings is 6. The first kappa shape index (κ1) is 26.7. The van der Waals surface area contributed by atoms with E-state index in [0.29, 0.717) is 11.7 Å². The standard InChI is InChI=1S/C40H30N4O/c1-26(42-40(28-16-6-3-7-17-28)43-39(41)27-14-4-2-5-15-27)33-24-29(25-34-32-20-10-13-23-37(32)45-38(33)34)44-35-21-11-8-18-30(35)31-19-9-12-22-36(31)44/h2-26H,1H3,(H2,41,42,43). The molecule has 2 heterocycles. The molecule has 0 aliphatic heterocycles. The lowest BCUT2D eigenvalue weighted by molar-refractivity contribution is 0.654. The lowest BCUT2D eigenvalue weighted by Crippen LogP contribution is -2.16. The van der Waals surface area contributed by atoms with Crippen LogP contribution in [-0.2, 0) is 0 Å². The van der Waals surface area contributed by atoms with Crippen LogP contribution >= 0.6 is 0 Å². The molecule has 0 aliphatic carbocycles. The Balaban J connectivity index is 1.38. The second-order valence-corrected chi connectivity index (χ2v) is 11.2. The smallest absolute Gasteiger partial charge is 0.157 e. The molecule has 0 radical (unpaired) electrons. The molecule has 216 valence electrons. The Kier molecular flexibility index (Phi) is 6.50. The summed E-state index contributed by atoms with van der Waals surface area (Å²) in [6.07, 6.45) is 0. The summed E-state index contributed by atoms with van der Waals surface area (Å²) in [4.78, 5) is 10.1. The zero-order chi connectivity index (χ0) is 30.3. The topological polar surface area (TPSA) is 68.8 Å². The molecule has 6 aromatic carbocycles. The van der Waals surface area contributed by atoms with E-state index in [4.69, 9.17) is 20.1 Å². The summed E-state index contributed by atoms with van der Waals surface area (Å²) in [6.45, 7) is 2.09. The molecule has 0 amide bonds. The Bertz CT molecular complexity index is 2350. The first-order valence-corrected chi connectivity index (χ1v) is 15.1. The van der Waals surface area contributed by atoms with Crippen molar-refractivity contribution in [3.63, 3.8) is 0 Å². The van der Waals surface area contributed by atoms with Crippen LogP contribution in [0.4, 0.5) is 0 Å². The summed E-state index contributed by atoms with van der Waals surface area (Å²) >= 11 is 0. The van der Waals surface area contributed by atoms with Crippen molar-refractivity contribution in [2.45, 2.75) is 13.0 Å². The third-order valence-corrected chi connectivity index (χ3v) is 8.42. The van der Waals surface area contributed by atoms with Crippen molar-refractivity contribution >= 4 is 55.4 Å². The average Bonchev–Trinajstić information content (AvgIpc) is 3.64. The van der Waals surface area contributed by atoms with Gasteiger partial charge in [0.15, 0.2) is 5.84 Å². The highest BCUT2D eigenvalue weighted by Gasteiger charge is 2.20. The molecule has 1 unspecified atom stereocenters. The number of furan rings is 1. The molecule has 0 aliphatic rings. The first-order chi connectivity index (χ1) is 22.2. The van der Waals surface area contributed by atoms with E-state index in [2.05, 4.69) is 84.3 Å². The molecule has 0 saturated heterocycles. The minimum atomic E-state index is -0.302. The van der Waals surface area contributed by atoms with Crippen molar-refractivity contribution in [1.82, 2.24) is 4.57 Å². The molecule has 45 heavy (non-hydrogen) atoms. The Hall–Kier alpha value is -5.94. The quantitative estimate of drug-likeness (QED) is 0.162. The van der Waals surface area contributed by atoms with E-state index < -0.39 is 0 Å². The average molecular weight is 583 g/mol. The van der Waals surface area contributed by atoms with E-state index in [9.17, 15) is 0 Å². The summed E-state index contributed by atoms with van der Waals surface area (Å²) in [5.74, 6) is 0.981. The Labute approximate surface area is 260 Å². The second kappa shape index (κ2) is 11.0. The summed E-state index contributed by atoms with van der Waals surface area (Å²) in [5, 5.41) is 4.56. The maximum atomic E-state index is 6.55. The molecule has 1 atom stereocenters. The highest BCUT2D eigenvalue weighted by molar-refractivity contribution is 6.12. The van der Waals surface area contributed by atoms with Gasteiger partial charge in [0.25, 0.3) is 0 Å². The van der Waals surface area contributed by atoms with Crippen LogP contribution in [0.15, 0.2) is 160 Å². The summed E-state index contributed by atoms with van der Waals surface area (Å²) in [5.41, 5.74) is 14.3. The highest BCUT2D eigenvalue weighted by Crippen LogP contribution is 2.39. The lowest BCUT2D eigenvalue weighted by Gasteiger charge is -2.15. The third kappa shape index (κ3) is 4.66. The number of nitrogens with two attached hydrogens (primary N) is 1. The van der Waals surface area contributed by atoms with Crippen molar-refractivity contribution in [3.8, 4) is 5.69 Å². The Morgan fingerprint density at radius 3 is 1.84 bits per heavy atom. The number of rotatable bonds is 5. The highest BCUT2D eigenvalue weighted by atomic mass is 16.3. The van der Waals surface area contributed by atoms with Crippen LogP contribution in [0.3, 0.4) is 0 Å². The third-order valence-electron chi connectivity index (χ3n) is 8.42. The van der Waals surface area contributed by atoms with E-state index >= 15 is 0 Å². The number of para-hydroxylation sites is 3. The zero-order valence-corrected chi connectivity index (χ0v) is 24.8. The normalized spacial score (nSPS) is 13.3. The van der Waals surface area contributed by atoms with Gasteiger partial charge in [-0.05, 0) is 37.3 Å². The van der Waals surface area contributed by atoms with E-state index in [-0.39, 0.29) is 6.04 Å². The van der Waals surface area contributed by atoms with Crippen LogP contribution in [0.1, 0.15) is 29.7 Å². The number of aromatic nitrogens is 1. The molecule has 8 aromatic rings. The van der Waals surface area contributed by atoms with Gasteiger partial charge in [0.1, 0.15) is 17.0 Å². The Morgan fingerprint density at radius 2 is 1.18 bits per heavy atom. The predicted octanol–water partition coefficient (Wildman–Crippen LogP) is 9.60. The van der Waals surface area contributed by atoms with Gasteiger partial charge in [0.05, 0.1) is 17.1 Å². The molecule has 5 heteroatoms. The molecular weight excluding hydrogens is 552 g/mol. The number of hydrogen-bond acceptors (Lipinski definition) is 2. The zero-order valence-electron chi connectivity index (χ0n) is 24.8. The Morgan fingerprint density at radius 1 is 0.622 bits per heavy atom. The summed E-state index contributed by atoms with van der Waals surface area (Å²) in [7, 11) is 0. The predicted molar refractivity (Wildman–Crippen MR) is 187 cm³/mol. The van der Waals surface area contributed by atoms with Gasteiger partial charge in [0.2, 0.25) is 0 Å². The van der Waals surface area contributed by atoms with Crippen molar-refractivity contribution in [2.24, 2.45) is 15.7 Å². The first-order valence-electron chi connectivity index (χ1n) is 15.1. The minimum Gasteiger partial charge on any atom is -0.456 e. The molecule has 5 nitrogen and oxygen atoms in total. The van der Waals surface area contributed by atoms with E-state index in [0.717, 1.165) is 55.3 Å². The molecule has 2 aromatic heterocycles. The van der Waals surface area contributed by atoms with Gasteiger partial charge in [-0.3, -0.25) is 4.99 Å². The number of nitrogens with zero attached hydrogens (tertiary/aromatic N) is 3. The van der Waals surface area contributed by atoms with Crippen LogP contribution in [0, 0.1) is 0 Å². The maximum absolute atomic E-state index is 6.55. The van der Waals surface area contributed by atoms with Gasteiger partial charge >= 0.3 is 0 Å². The molecule has 0 fully saturated rings. The van der Waals surface area contributed by atoms with Gasteiger partial charge in [-0.1, -0.05) is 115 Å². The van der Waals surface area contributed by atoms with Crippen LogP contribution in [0.2, 0.25) is 0 Å². The maximum Gasteiger partial charge on any atom is 0.157 e. The van der Waals surface area contributed by atoms with Gasteiger partial charge in [-0.2, -0.15) is 0 Å². The van der Waals surface area contributed by atoms with E-state index in [1.54, 1.807) is 0 Å². The molecule has 0 saturated carbocycles. The van der Waals surface area contributed by atoms with Gasteiger partial charge < -0.3 is 14.7 Å². The largest absolute Gasteiger partial charge is 0.456 e. The number of aliphatic imine (C=N–C) groups is 2. The monoisotopic (exact) mass is 582 g/mol.